The van der Waals surface area contributed by atoms with Gasteiger partial charge in [-0.3, -0.25) is 5.43 Å². The summed E-state index contributed by atoms with van der Waals surface area (Å²) in [6.07, 6.45) is 2.00. The molecule has 122 valence electrons. The van der Waals surface area contributed by atoms with Gasteiger partial charge in [-0.2, -0.15) is 9.78 Å². The average molecular weight is 365 g/mol. The lowest BCUT2D eigenvalue weighted by atomic mass is 10.3. The number of aromatic nitrogens is 4. The zero-order valence-corrected chi connectivity index (χ0v) is 13.7. The molecule has 0 unspecified atom stereocenters. The maximum Gasteiger partial charge on any atom is 0.162 e. The Morgan fingerprint density at radius 1 is 1.12 bits per heavy atom. The van der Waals surface area contributed by atoms with Crippen molar-refractivity contribution in [2.45, 2.75) is 6.42 Å². The third kappa shape index (κ3) is 3.87. The van der Waals surface area contributed by atoms with Crippen molar-refractivity contribution in [3.8, 4) is 5.69 Å². The van der Waals surface area contributed by atoms with Crippen LogP contribution in [0.15, 0.2) is 47.6 Å². The number of hydrogen-bond donors (Lipinski definition) is 1. The first-order valence-electron chi connectivity index (χ1n) is 6.89. The van der Waals surface area contributed by atoms with E-state index < -0.39 is 0 Å². The van der Waals surface area contributed by atoms with Crippen LogP contribution >= 0.6 is 23.2 Å². The Bertz CT molecular complexity index is 863. The molecule has 0 aliphatic heterocycles. The molecule has 0 aliphatic carbocycles. The Labute approximate surface area is 146 Å². The first-order valence-corrected chi connectivity index (χ1v) is 7.65. The Morgan fingerprint density at radius 2 is 1.92 bits per heavy atom. The number of halogens is 3. The lowest BCUT2D eigenvalue weighted by Gasteiger charge is -2.04. The number of rotatable bonds is 5. The standard InChI is InChI=1S/C15H11Cl2FN6/c16-13-6-5-12(9-14(13)17)24-15(21-22-23-24)7-8-19-20-11-3-1-10(18)2-4-11/h1-6,8-9,20H,7H2/b19-8+. The van der Waals surface area contributed by atoms with Crippen LogP contribution < -0.4 is 5.43 Å². The minimum atomic E-state index is -0.301. The quantitative estimate of drug-likeness (QED) is 0.552. The van der Waals surface area contributed by atoms with Gasteiger partial charge in [0.05, 0.1) is 21.4 Å². The summed E-state index contributed by atoms with van der Waals surface area (Å²) in [5.41, 5.74) is 4.17. The molecule has 0 saturated heterocycles. The van der Waals surface area contributed by atoms with E-state index in [2.05, 4.69) is 26.1 Å². The van der Waals surface area contributed by atoms with Crippen LogP contribution in [0.3, 0.4) is 0 Å². The first-order chi connectivity index (χ1) is 11.6. The van der Waals surface area contributed by atoms with Gasteiger partial charge in [0.2, 0.25) is 0 Å². The van der Waals surface area contributed by atoms with Gasteiger partial charge >= 0.3 is 0 Å². The number of anilines is 1. The van der Waals surface area contributed by atoms with Crippen LogP contribution in [-0.4, -0.2) is 26.4 Å². The second-order valence-electron chi connectivity index (χ2n) is 4.74. The summed E-state index contributed by atoms with van der Waals surface area (Å²) in [4.78, 5) is 0. The molecule has 0 saturated carbocycles. The van der Waals surface area contributed by atoms with Gasteiger partial charge in [0, 0.05) is 12.6 Å². The minimum Gasteiger partial charge on any atom is -0.279 e. The molecule has 9 heteroatoms. The summed E-state index contributed by atoms with van der Waals surface area (Å²) in [7, 11) is 0. The zero-order valence-electron chi connectivity index (χ0n) is 12.2. The van der Waals surface area contributed by atoms with E-state index in [0.29, 0.717) is 33.7 Å². The van der Waals surface area contributed by atoms with Gasteiger partial charge in [-0.1, -0.05) is 23.2 Å². The molecular weight excluding hydrogens is 354 g/mol. The maximum atomic E-state index is 12.8. The molecule has 1 heterocycles. The molecule has 24 heavy (non-hydrogen) atoms. The lowest BCUT2D eigenvalue weighted by molar-refractivity contribution is 0.628. The van der Waals surface area contributed by atoms with Gasteiger partial charge in [0.1, 0.15) is 5.82 Å². The van der Waals surface area contributed by atoms with E-state index in [1.54, 1.807) is 41.2 Å². The molecular formula is C15H11Cl2FN6. The number of tetrazole rings is 1. The molecule has 0 aliphatic rings. The van der Waals surface area contributed by atoms with Crippen LogP contribution in [0.2, 0.25) is 10.0 Å². The molecule has 0 amide bonds. The van der Waals surface area contributed by atoms with Crippen LogP contribution in [0.25, 0.3) is 5.69 Å². The third-order valence-corrected chi connectivity index (χ3v) is 3.82. The van der Waals surface area contributed by atoms with Crippen molar-refractivity contribution < 1.29 is 4.39 Å². The Hall–Kier alpha value is -2.51. The fourth-order valence-corrected chi connectivity index (χ4v) is 2.21. The molecule has 1 N–H and O–H groups in total. The van der Waals surface area contributed by atoms with Gasteiger partial charge in [0.25, 0.3) is 0 Å². The van der Waals surface area contributed by atoms with Crippen molar-refractivity contribution in [2.75, 3.05) is 5.43 Å². The number of hydrogen-bond acceptors (Lipinski definition) is 5. The molecule has 0 bridgehead atoms. The lowest BCUT2D eigenvalue weighted by Crippen LogP contribution is -2.04. The molecule has 1 aromatic heterocycles. The predicted molar refractivity (Wildman–Crippen MR) is 91.4 cm³/mol. The summed E-state index contributed by atoms with van der Waals surface area (Å²) >= 11 is 11.9. The molecule has 0 fully saturated rings. The smallest absolute Gasteiger partial charge is 0.162 e. The number of benzene rings is 2. The first kappa shape index (κ1) is 16.4. The third-order valence-electron chi connectivity index (χ3n) is 3.08. The van der Waals surface area contributed by atoms with E-state index in [4.69, 9.17) is 23.2 Å². The van der Waals surface area contributed by atoms with Gasteiger partial charge in [-0.05, 0) is 52.9 Å². The van der Waals surface area contributed by atoms with Crippen LogP contribution in [-0.2, 0) is 6.42 Å². The second-order valence-corrected chi connectivity index (χ2v) is 5.55. The molecule has 3 aromatic rings. The highest BCUT2D eigenvalue weighted by molar-refractivity contribution is 6.42. The normalized spacial score (nSPS) is 11.1. The SMILES string of the molecule is Fc1ccc(N/N=C/Cc2nnnn2-c2ccc(Cl)c(Cl)c2)cc1. The summed E-state index contributed by atoms with van der Waals surface area (Å²) < 4.78 is 14.4. The molecule has 0 spiro atoms. The predicted octanol–water partition coefficient (Wildman–Crippen LogP) is 3.75. The van der Waals surface area contributed by atoms with Gasteiger partial charge in [-0.25, -0.2) is 4.39 Å². The molecule has 0 radical (unpaired) electrons. The number of hydrazone groups is 1. The zero-order chi connectivity index (χ0) is 16.9. The van der Waals surface area contributed by atoms with Crippen molar-refractivity contribution in [1.29, 1.82) is 0 Å². The maximum absolute atomic E-state index is 12.8. The Kier molecular flexibility index (Phi) is 5.02. The van der Waals surface area contributed by atoms with Gasteiger partial charge < -0.3 is 0 Å². The summed E-state index contributed by atoms with van der Waals surface area (Å²) in [6, 6.07) is 11.0. The molecule has 3 rings (SSSR count). The highest BCUT2D eigenvalue weighted by atomic mass is 35.5. The van der Waals surface area contributed by atoms with Crippen molar-refractivity contribution in [3.05, 3.63) is 64.2 Å². The Morgan fingerprint density at radius 3 is 2.67 bits per heavy atom. The fraction of sp³-hybridized carbons (Fsp3) is 0.0667. The minimum absolute atomic E-state index is 0.301. The highest BCUT2D eigenvalue weighted by Crippen LogP contribution is 2.24. The van der Waals surface area contributed by atoms with Crippen LogP contribution in [0, 0.1) is 5.82 Å². The average Bonchev–Trinajstić information content (AvgIpc) is 3.04. The fourth-order valence-electron chi connectivity index (χ4n) is 1.92. The van der Waals surface area contributed by atoms with Crippen LogP contribution in [0.4, 0.5) is 10.1 Å². The highest BCUT2D eigenvalue weighted by Gasteiger charge is 2.08. The van der Waals surface area contributed by atoms with E-state index >= 15 is 0 Å². The molecule has 6 nitrogen and oxygen atoms in total. The van der Waals surface area contributed by atoms with Crippen LogP contribution in [0.5, 0.6) is 0 Å². The molecule has 2 aromatic carbocycles. The monoisotopic (exact) mass is 364 g/mol. The molecule has 0 atom stereocenters. The summed E-state index contributed by atoms with van der Waals surface area (Å²) in [5.74, 6) is 0.281. The van der Waals surface area contributed by atoms with Crippen molar-refractivity contribution in [1.82, 2.24) is 20.2 Å². The van der Waals surface area contributed by atoms with Crippen molar-refractivity contribution >= 4 is 35.1 Å². The van der Waals surface area contributed by atoms with E-state index in [0.717, 1.165) is 0 Å². The second kappa shape index (κ2) is 7.37. The van der Waals surface area contributed by atoms with Gasteiger partial charge in [0.15, 0.2) is 5.82 Å². The topological polar surface area (TPSA) is 68.0 Å². The van der Waals surface area contributed by atoms with E-state index in [9.17, 15) is 4.39 Å². The van der Waals surface area contributed by atoms with Crippen molar-refractivity contribution in [2.24, 2.45) is 5.10 Å². The summed E-state index contributed by atoms with van der Waals surface area (Å²) in [6.45, 7) is 0. The van der Waals surface area contributed by atoms with Gasteiger partial charge in [-0.15, -0.1) is 5.10 Å². The van der Waals surface area contributed by atoms with E-state index in [1.165, 1.54) is 12.1 Å². The van der Waals surface area contributed by atoms with E-state index in [1.807, 2.05) is 0 Å². The number of nitrogens with zero attached hydrogens (tertiary/aromatic N) is 5. The van der Waals surface area contributed by atoms with Crippen LogP contribution in [0.1, 0.15) is 5.82 Å². The number of nitrogens with one attached hydrogen (secondary N) is 1. The van der Waals surface area contributed by atoms with Crippen molar-refractivity contribution in [3.63, 3.8) is 0 Å². The largest absolute Gasteiger partial charge is 0.279 e. The van der Waals surface area contributed by atoms with E-state index in [-0.39, 0.29) is 5.82 Å². The Balaban J connectivity index is 1.68. The summed E-state index contributed by atoms with van der Waals surface area (Å²) in [5, 5.41) is 16.5.